The van der Waals surface area contributed by atoms with Crippen LogP contribution in [0.5, 0.6) is 17.2 Å². The zero-order valence-electron chi connectivity index (χ0n) is 22.8. The van der Waals surface area contributed by atoms with Crippen molar-refractivity contribution in [3.63, 3.8) is 0 Å². The van der Waals surface area contributed by atoms with Gasteiger partial charge < -0.3 is 24.7 Å². The molecule has 3 aromatic carbocycles. The summed E-state index contributed by atoms with van der Waals surface area (Å²) in [6, 6.07) is 15.8. The molecular formula is C30H32Cl2NNaO5. The third kappa shape index (κ3) is 9.16. The Morgan fingerprint density at radius 1 is 1.05 bits per heavy atom. The summed E-state index contributed by atoms with van der Waals surface area (Å²) in [6.07, 6.45) is 3.10. The Hall–Kier alpha value is -2.22. The minimum absolute atomic E-state index is 0. The molecule has 9 heteroatoms. The first kappa shape index (κ1) is 33.0. The van der Waals surface area contributed by atoms with Gasteiger partial charge in [0.25, 0.3) is 5.91 Å². The molecule has 0 spiro atoms. The van der Waals surface area contributed by atoms with E-state index >= 15 is 0 Å². The summed E-state index contributed by atoms with van der Waals surface area (Å²) in [7, 11) is 0. The first-order chi connectivity index (χ1) is 18.3. The summed E-state index contributed by atoms with van der Waals surface area (Å²) in [5.74, 6) is -0.842. The Morgan fingerprint density at radius 3 is 2.44 bits per heavy atom. The fourth-order valence-electron chi connectivity index (χ4n) is 4.20. The molecule has 0 saturated carbocycles. The second-order valence-electron chi connectivity index (χ2n) is 8.74. The molecule has 0 bridgehead atoms. The first-order valence-corrected chi connectivity index (χ1v) is 13.6. The van der Waals surface area contributed by atoms with Crippen molar-refractivity contribution in [3.05, 3.63) is 86.9 Å². The Kier molecular flexibility index (Phi) is 13.7. The molecule has 202 valence electrons. The summed E-state index contributed by atoms with van der Waals surface area (Å²) in [5, 5.41) is 15.3. The molecule has 6 nitrogen and oxygen atoms in total. The van der Waals surface area contributed by atoms with Gasteiger partial charge in [0.2, 0.25) is 0 Å². The number of halogens is 2. The average Bonchev–Trinajstić information content (AvgIpc) is 2.91. The number of aryl methyl sites for hydroxylation is 2. The number of nitrogens with one attached hydrogen (secondary N) is 1. The summed E-state index contributed by atoms with van der Waals surface area (Å²) in [4.78, 5) is 23.9. The molecule has 0 aromatic heterocycles. The summed E-state index contributed by atoms with van der Waals surface area (Å²) in [5.41, 5.74) is 3.45. The van der Waals surface area contributed by atoms with Crippen LogP contribution >= 0.6 is 23.2 Å². The molecule has 1 aliphatic heterocycles. The number of carbonyl (C=O) groups excluding carboxylic acids is 2. The SMILES string of the molecule is CC.Cc1cc(Cl)ccc1CCCCNC(=O)c1ccc(Oc2cc3c(cc2Cl)C(C(=O)[O-])CCO3)cc1.[Na+]. The van der Waals surface area contributed by atoms with Crippen molar-refractivity contribution in [1.29, 1.82) is 0 Å². The van der Waals surface area contributed by atoms with Crippen LogP contribution in [0.4, 0.5) is 0 Å². The number of carboxylic acids is 1. The van der Waals surface area contributed by atoms with Gasteiger partial charge in [-0.05, 0) is 86.2 Å². The van der Waals surface area contributed by atoms with Gasteiger partial charge in [0.15, 0.2) is 0 Å². The molecule has 0 saturated heterocycles. The molecule has 0 aliphatic carbocycles. The van der Waals surface area contributed by atoms with Crippen LogP contribution in [0.3, 0.4) is 0 Å². The number of fused-ring (bicyclic) bond motifs is 1. The van der Waals surface area contributed by atoms with Crippen molar-refractivity contribution >= 4 is 35.1 Å². The second kappa shape index (κ2) is 16.1. The number of ether oxygens (including phenoxy) is 2. The van der Waals surface area contributed by atoms with E-state index in [0.717, 1.165) is 24.3 Å². The van der Waals surface area contributed by atoms with Crippen molar-refractivity contribution in [1.82, 2.24) is 5.32 Å². The maximum Gasteiger partial charge on any atom is 1.00 e. The first-order valence-electron chi connectivity index (χ1n) is 12.8. The van der Waals surface area contributed by atoms with Crippen LogP contribution in [0.25, 0.3) is 0 Å². The molecule has 39 heavy (non-hydrogen) atoms. The van der Waals surface area contributed by atoms with E-state index in [2.05, 4.69) is 18.3 Å². The summed E-state index contributed by atoms with van der Waals surface area (Å²) >= 11 is 12.3. The standard InChI is InChI=1S/C28H27Cl2NO5.C2H6.Na/c1-17-14-20(29)8-5-18(17)4-2-3-12-31-27(32)19-6-9-21(10-7-19)36-26-16-25-23(15-24(26)30)22(28(33)34)11-13-35-25;1-2;/h5-10,14-16,22H,2-4,11-13H2,1H3,(H,31,32)(H,33,34);1-2H3;/q;;+1/p-1. The number of hydrogen-bond acceptors (Lipinski definition) is 5. The monoisotopic (exact) mass is 579 g/mol. The predicted molar refractivity (Wildman–Crippen MR) is 149 cm³/mol. The zero-order chi connectivity index (χ0) is 27.7. The van der Waals surface area contributed by atoms with E-state index in [1.165, 1.54) is 11.1 Å². The van der Waals surface area contributed by atoms with Crippen molar-refractivity contribution in [2.45, 2.75) is 52.4 Å². The van der Waals surface area contributed by atoms with Crippen LogP contribution in [0.2, 0.25) is 10.0 Å². The number of carbonyl (C=O) groups is 2. The largest absolute Gasteiger partial charge is 1.00 e. The average molecular weight is 580 g/mol. The third-order valence-corrected chi connectivity index (χ3v) is 6.73. The summed E-state index contributed by atoms with van der Waals surface area (Å²) in [6.45, 7) is 6.91. The molecule has 1 unspecified atom stereocenters. The van der Waals surface area contributed by atoms with Gasteiger partial charge in [-0.2, -0.15) is 0 Å². The van der Waals surface area contributed by atoms with Gasteiger partial charge in [-0.1, -0.05) is 43.1 Å². The molecule has 1 amide bonds. The van der Waals surface area contributed by atoms with Crippen LogP contribution in [0.15, 0.2) is 54.6 Å². The molecule has 1 aliphatic rings. The van der Waals surface area contributed by atoms with Crippen LogP contribution in [0.1, 0.15) is 66.1 Å². The van der Waals surface area contributed by atoms with Gasteiger partial charge in [0.05, 0.1) is 11.6 Å². The fourth-order valence-corrected chi connectivity index (χ4v) is 4.64. The topological polar surface area (TPSA) is 87.7 Å². The normalized spacial score (nSPS) is 13.5. The van der Waals surface area contributed by atoms with E-state index < -0.39 is 11.9 Å². The van der Waals surface area contributed by atoms with Crippen molar-refractivity contribution in [3.8, 4) is 17.2 Å². The molecule has 1 heterocycles. The number of aliphatic carboxylic acids is 1. The second-order valence-corrected chi connectivity index (χ2v) is 9.58. The minimum Gasteiger partial charge on any atom is -0.549 e. The Morgan fingerprint density at radius 2 is 1.77 bits per heavy atom. The Balaban J connectivity index is 0.00000174. The third-order valence-electron chi connectivity index (χ3n) is 6.20. The maximum atomic E-state index is 12.5. The molecule has 1 atom stereocenters. The summed E-state index contributed by atoms with van der Waals surface area (Å²) < 4.78 is 11.5. The van der Waals surface area contributed by atoms with Crippen molar-refractivity contribution in [2.75, 3.05) is 13.2 Å². The van der Waals surface area contributed by atoms with Gasteiger partial charge in [-0.25, -0.2) is 0 Å². The van der Waals surface area contributed by atoms with Gasteiger partial charge in [-0.3, -0.25) is 4.79 Å². The molecule has 3 aromatic rings. The van der Waals surface area contributed by atoms with Crippen molar-refractivity contribution < 1.29 is 53.7 Å². The number of unbranched alkanes of at least 4 members (excludes halogenated alkanes) is 1. The molecule has 4 rings (SSSR count). The van der Waals surface area contributed by atoms with E-state index in [4.69, 9.17) is 32.7 Å². The van der Waals surface area contributed by atoms with E-state index in [9.17, 15) is 14.7 Å². The number of benzene rings is 3. The van der Waals surface area contributed by atoms with E-state index in [-0.39, 0.29) is 47.1 Å². The minimum atomic E-state index is -1.16. The molecule has 0 radical (unpaired) electrons. The van der Waals surface area contributed by atoms with E-state index in [1.54, 1.807) is 36.4 Å². The number of amides is 1. The fraction of sp³-hybridized carbons (Fsp3) is 0.333. The van der Waals surface area contributed by atoms with E-state index in [0.29, 0.717) is 41.3 Å². The Bertz CT molecular complexity index is 1270. The van der Waals surface area contributed by atoms with Crippen molar-refractivity contribution in [2.24, 2.45) is 0 Å². The predicted octanol–water partition coefficient (Wildman–Crippen LogP) is 3.49. The zero-order valence-corrected chi connectivity index (χ0v) is 26.3. The number of hydrogen-bond donors (Lipinski definition) is 1. The smallest absolute Gasteiger partial charge is 0.549 e. The van der Waals surface area contributed by atoms with Crippen LogP contribution in [-0.2, 0) is 11.2 Å². The van der Waals surface area contributed by atoms with Crippen LogP contribution in [-0.4, -0.2) is 25.0 Å². The quantitative estimate of drug-likeness (QED) is 0.310. The van der Waals surface area contributed by atoms with E-state index in [1.807, 2.05) is 26.0 Å². The van der Waals surface area contributed by atoms with Gasteiger partial charge >= 0.3 is 29.6 Å². The molecule has 1 N–H and O–H groups in total. The van der Waals surface area contributed by atoms with Gasteiger partial charge in [0, 0.05) is 40.6 Å². The van der Waals surface area contributed by atoms with Gasteiger partial charge in [-0.15, -0.1) is 0 Å². The number of rotatable bonds is 9. The van der Waals surface area contributed by atoms with Gasteiger partial charge in [0.1, 0.15) is 17.2 Å². The maximum absolute atomic E-state index is 12.5. The van der Waals surface area contributed by atoms with Crippen LogP contribution in [0, 0.1) is 6.92 Å². The Labute approximate surface area is 262 Å². The number of carboxylic acid groups (broad SMARTS) is 1. The molecule has 0 fully saturated rings. The molecular weight excluding hydrogens is 548 g/mol. The van der Waals surface area contributed by atoms with Crippen LogP contribution < -0.4 is 49.5 Å².